The van der Waals surface area contributed by atoms with Gasteiger partial charge in [0.25, 0.3) is 0 Å². The maximum Gasteiger partial charge on any atom is 0.138 e. The molecule has 2 aromatic heterocycles. The lowest BCUT2D eigenvalue weighted by molar-refractivity contribution is 0.274. The summed E-state index contributed by atoms with van der Waals surface area (Å²) in [6.07, 6.45) is 3.58. The molecule has 0 bridgehead atoms. The van der Waals surface area contributed by atoms with Crippen molar-refractivity contribution in [2.24, 2.45) is 0 Å². The Balaban J connectivity index is 1.53. The highest BCUT2D eigenvalue weighted by molar-refractivity contribution is 6.31. The standard InChI is InChI=1S/C16H19ClN6O/c17-11-1-3-14-13(7-11)21-16(22(14)5-6-24)8-18-12-2-4-15-19-10-20-23(15)9-12/h1,3,7,10,12,18,24H,2,4-6,8-9H2. The van der Waals surface area contributed by atoms with Crippen LogP contribution in [0.5, 0.6) is 0 Å². The topological polar surface area (TPSA) is 80.8 Å². The predicted molar refractivity (Wildman–Crippen MR) is 90.8 cm³/mol. The number of hydrogen-bond donors (Lipinski definition) is 2. The summed E-state index contributed by atoms with van der Waals surface area (Å²) >= 11 is 6.06. The lowest BCUT2D eigenvalue weighted by atomic mass is 10.1. The lowest BCUT2D eigenvalue weighted by Gasteiger charge is -2.23. The van der Waals surface area contributed by atoms with Crippen LogP contribution >= 0.6 is 11.6 Å². The zero-order chi connectivity index (χ0) is 16.5. The van der Waals surface area contributed by atoms with E-state index in [2.05, 4.69) is 20.4 Å². The quantitative estimate of drug-likeness (QED) is 0.729. The molecule has 0 radical (unpaired) electrons. The molecule has 2 N–H and O–H groups in total. The number of aliphatic hydroxyl groups excluding tert-OH is 1. The Morgan fingerprint density at radius 3 is 3.17 bits per heavy atom. The van der Waals surface area contributed by atoms with Crippen molar-refractivity contribution in [1.29, 1.82) is 0 Å². The molecule has 8 heteroatoms. The highest BCUT2D eigenvalue weighted by atomic mass is 35.5. The van der Waals surface area contributed by atoms with Gasteiger partial charge in [0.05, 0.1) is 30.7 Å². The second-order valence-electron chi connectivity index (χ2n) is 6.01. The van der Waals surface area contributed by atoms with Crippen LogP contribution in [-0.2, 0) is 26.1 Å². The molecule has 0 saturated heterocycles. The van der Waals surface area contributed by atoms with Crippen molar-refractivity contribution in [2.75, 3.05) is 6.61 Å². The average molecular weight is 347 g/mol. The number of aliphatic hydroxyl groups is 1. The van der Waals surface area contributed by atoms with E-state index in [0.29, 0.717) is 24.2 Å². The van der Waals surface area contributed by atoms with Crippen molar-refractivity contribution in [3.05, 3.63) is 41.2 Å². The van der Waals surface area contributed by atoms with Gasteiger partial charge in [0.2, 0.25) is 0 Å². The van der Waals surface area contributed by atoms with Gasteiger partial charge >= 0.3 is 0 Å². The van der Waals surface area contributed by atoms with Crippen molar-refractivity contribution in [1.82, 2.24) is 29.6 Å². The van der Waals surface area contributed by atoms with Crippen molar-refractivity contribution in [3.63, 3.8) is 0 Å². The van der Waals surface area contributed by atoms with Crippen molar-refractivity contribution in [2.45, 2.75) is 38.5 Å². The average Bonchev–Trinajstić information content (AvgIpc) is 3.17. The summed E-state index contributed by atoms with van der Waals surface area (Å²) in [6, 6.07) is 6.00. The van der Waals surface area contributed by atoms with Crippen LogP contribution in [0.4, 0.5) is 0 Å². The van der Waals surface area contributed by atoms with Crippen LogP contribution in [0.25, 0.3) is 11.0 Å². The Hall–Kier alpha value is -1.96. The third-order valence-corrected chi connectivity index (χ3v) is 4.70. The normalized spacial score (nSPS) is 17.3. The Labute approximate surface area is 144 Å². The van der Waals surface area contributed by atoms with Gasteiger partial charge in [0.15, 0.2) is 0 Å². The predicted octanol–water partition coefficient (Wildman–Crippen LogP) is 1.38. The summed E-state index contributed by atoms with van der Waals surface area (Å²) in [5, 5.41) is 17.8. The summed E-state index contributed by atoms with van der Waals surface area (Å²) in [5.41, 5.74) is 1.85. The first-order valence-corrected chi connectivity index (χ1v) is 8.48. The van der Waals surface area contributed by atoms with Crippen LogP contribution in [0.2, 0.25) is 5.02 Å². The van der Waals surface area contributed by atoms with E-state index in [1.807, 2.05) is 27.4 Å². The molecule has 1 atom stereocenters. The number of imidazole rings is 1. The zero-order valence-corrected chi connectivity index (χ0v) is 13.9. The number of aromatic nitrogens is 5. The molecule has 3 aromatic rings. The molecule has 0 spiro atoms. The molecule has 0 fully saturated rings. The van der Waals surface area contributed by atoms with Gasteiger partial charge in [0.1, 0.15) is 18.0 Å². The van der Waals surface area contributed by atoms with Gasteiger partial charge < -0.3 is 15.0 Å². The largest absolute Gasteiger partial charge is 0.395 e. The molecule has 4 rings (SSSR count). The number of nitrogens with zero attached hydrogens (tertiary/aromatic N) is 5. The molecule has 7 nitrogen and oxygen atoms in total. The van der Waals surface area contributed by atoms with Gasteiger partial charge in [-0.15, -0.1) is 0 Å². The third kappa shape index (κ3) is 2.90. The molecular weight excluding hydrogens is 328 g/mol. The molecule has 126 valence electrons. The molecule has 0 saturated carbocycles. The number of fused-ring (bicyclic) bond motifs is 2. The smallest absolute Gasteiger partial charge is 0.138 e. The van der Waals surface area contributed by atoms with E-state index in [4.69, 9.17) is 11.6 Å². The SMILES string of the molecule is OCCn1c(CNC2CCc3ncnn3C2)nc2cc(Cl)ccc21. The molecular formula is C16H19ClN6O. The molecule has 0 amide bonds. The minimum Gasteiger partial charge on any atom is -0.395 e. The summed E-state index contributed by atoms with van der Waals surface area (Å²) in [7, 11) is 0. The first-order valence-electron chi connectivity index (χ1n) is 8.10. The minimum absolute atomic E-state index is 0.0762. The highest BCUT2D eigenvalue weighted by Crippen LogP contribution is 2.21. The molecule has 1 aliphatic heterocycles. The Morgan fingerprint density at radius 1 is 1.38 bits per heavy atom. The van der Waals surface area contributed by atoms with Gasteiger partial charge in [-0.3, -0.25) is 0 Å². The van der Waals surface area contributed by atoms with Crippen LogP contribution in [0.3, 0.4) is 0 Å². The van der Waals surface area contributed by atoms with Gasteiger partial charge in [-0.2, -0.15) is 5.10 Å². The summed E-state index contributed by atoms with van der Waals surface area (Å²) in [4.78, 5) is 8.93. The van der Waals surface area contributed by atoms with E-state index in [-0.39, 0.29) is 6.61 Å². The fourth-order valence-electron chi connectivity index (χ4n) is 3.28. The Kier molecular flexibility index (Phi) is 4.22. The fourth-order valence-corrected chi connectivity index (χ4v) is 3.44. The first-order chi connectivity index (χ1) is 11.7. The lowest BCUT2D eigenvalue weighted by Crippen LogP contribution is -2.38. The maximum absolute atomic E-state index is 9.37. The number of aryl methyl sites for hydroxylation is 1. The van der Waals surface area contributed by atoms with E-state index in [1.54, 1.807) is 6.33 Å². The summed E-state index contributed by atoms with van der Waals surface area (Å²) in [6.45, 7) is 2.06. The molecule has 0 aliphatic carbocycles. The summed E-state index contributed by atoms with van der Waals surface area (Å²) in [5.74, 6) is 1.96. The van der Waals surface area contributed by atoms with Crippen LogP contribution in [-0.4, -0.2) is 42.1 Å². The van der Waals surface area contributed by atoms with E-state index in [1.165, 1.54) is 0 Å². The van der Waals surface area contributed by atoms with Gasteiger partial charge in [-0.25, -0.2) is 14.6 Å². The van der Waals surface area contributed by atoms with Crippen molar-refractivity contribution >= 4 is 22.6 Å². The summed E-state index contributed by atoms with van der Waals surface area (Å²) < 4.78 is 4.00. The molecule has 3 heterocycles. The van der Waals surface area contributed by atoms with E-state index < -0.39 is 0 Å². The monoisotopic (exact) mass is 346 g/mol. The number of halogens is 1. The second-order valence-corrected chi connectivity index (χ2v) is 6.45. The molecule has 1 aromatic carbocycles. The number of hydrogen-bond acceptors (Lipinski definition) is 5. The van der Waals surface area contributed by atoms with Gasteiger partial charge in [-0.05, 0) is 24.6 Å². The number of nitrogens with one attached hydrogen (secondary N) is 1. The van der Waals surface area contributed by atoms with Crippen LogP contribution in [0.1, 0.15) is 18.1 Å². The molecule has 1 aliphatic rings. The van der Waals surface area contributed by atoms with Gasteiger partial charge in [0, 0.05) is 24.0 Å². The highest BCUT2D eigenvalue weighted by Gasteiger charge is 2.20. The Morgan fingerprint density at radius 2 is 2.29 bits per heavy atom. The minimum atomic E-state index is 0.0762. The van der Waals surface area contributed by atoms with Crippen molar-refractivity contribution < 1.29 is 5.11 Å². The third-order valence-electron chi connectivity index (χ3n) is 4.47. The fraction of sp³-hybridized carbons (Fsp3) is 0.438. The van der Waals surface area contributed by atoms with Crippen LogP contribution in [0, 0.1) is 0 Å². The zero-order valence-electron chi connectivity index (χ0n) is 13.2. The second kappa shape index (κ2) is 6.51. The van der Waals surface area contributed by atoms with Crippen LogP contribution in [0.15, 0.2) is 24.5 Å². The van der Waals surface area contributed by atoms with E-state index >= 15 is 0 Å². The van der Waals surface area contributed by atoms with Gasteiger partial charge in [-0.1, -0.05) is 11.6 Å². The molecule has 1 unspecified atom stereocenters. The maximum atomic E-state index is 9.37. The van der Waals surface area contributed by atoms with Crippen molar-refractivity contribution in [3.8, 4) is 0 Å². The Bertz CT molecular complexity index is 857. The number of rotatable bonds is 5. The van der Waals surface area contributed by atoms with E-state index in [9.17, 15) is 5.11 Å². The van der Waals surface area contributed by atoms with Crippen LogP contribution < -0.4 is 5.32 Å². The van der Waals surface area contributed by atoms with E-state index in [0.717, 1.165) is 42.1 Å². The number of benzene rings is 1. The first kappa shape index (κ1) is 15.6. The molecule has 24 heavy (non-hydrogen) atoms.